The van der Waals surface area contributed by atoms with Crippen molar-refractivity contribution in [3.63, 3.8) is 0 Å². The Bertz CT molecular complexity index is 431. The van der Waals surface area contributed by atoms with Crippen LogP contribution in [0.2, 0.25) is 0 Å². The lowest BCUT2D eigenvalue weighted by atomic mass is 9.84. The van der Waals surface area contributed by atoms with E-state index in [-0.39, 0.29) is 0 Å². The van der Waals surface area contributed by atoms with Gasteiger partial charge in [0.2, 0.25) is 0 Å². The van der Waals surface area contributed by atoms with E-state index in [1.165, 1.54) is 69.3 Å². The Morgan fingerprint density at radius 3 is 2.52 bits per heavy atom. The fourth-order valence-electron chi connectivity index (χ4n) is 4.00. The lowest BCUT2D eigenvalue weighted by Gasteiger charge is -2.29. The first-order chi connectivity index (χ1) is 10.3. The highest BCUT2D eigenvalue weighted by Crippen LogP contribution is 2.28. The zero-order chi connectivity index (χ0) is 14.5. The summed E-state index contributed by atoms with van der Waals surface area (Å²) in [6.07, 6.45) is 9.84. The molecule has 1 aromatic rings. The number of benzene rings is 1. The van der Waals surface area contributed by atoms with E-state index >= 15 is 0 Å². The van der Waals surface area contributed by atoms with Gasteiger partial charge >= 0.3 is 0 Å². The quantitative estimate of drug-likeness (QED) is 0.866. The topological polar surface area (TPSA) is 15.3 Å². The minimum atomic E-state index is 0.650. The van der Waals surface area contributed by atoms with Gasteiger partial charge in [-0.15, -0.1) is 0 Å². The van der Waals surface area contributed by atoms with Gasteiger partial charge in [-0.1, -0.05) is 37.5 Å². The van der Waals surface area contributed by atoms with Crippen molar-refractivity contribution in [3.05, 3.63) is 29.8 Å². The minimum absolute atomic E-state index is 0.650. The van der Waals surface area contributed by atoms with E-state index in [2.05, 4.69) is 41.4 Å². The SMILES string of the molecule is C[C@H](NCc1ccccc1N1CCCC1)C1CCCCC1. The number of nitrogens with one attached hydrogen (secondary N) is 1. The summed E-state index contributed by atoms with van der Waals surface area (Å²) in [7, 11) is 0. The predicted octanol–water partition coefficient (Wildman–Crippen LogP) is 4.35. The number of para-hydroxylation sites is 1. The lowest BCUT2D eigenvalue weighted by molar-refractivity contribution is 0.280. The molecule has 1 heterocycles. The number of rotatable bonds is 5. The fraction of sp³-hybridized carbons (Fsp3) is 0.684. The van der Waals surface area contributed by atoms with E-state index < -0.39 is 0 Å². The van der Waals surface area contributed by atoms with Crippen LogP contribution in [0.1, 0.15) is 57.4 Å². The van der Waals surface area contributed by atoms with Gasteiger partial charge in [0.05, 0.1) is 0 Å². The fourth-order valence-corrected chi connectivity index (χ4v) is 4.00. The van der Waals surface area contributed by atoms with Crippen molar-refractivity contribution in [1.29, 1.82) is 0 Å². The second kappa shape index (κ2) is 7.31. The van der Waals surface area contributed by atoms with E-state index in [1.807, 2.05) is 0 Å². The number of anilines is 1. The molecule has 0 bridgehead atoms. The molecule has 0 aromatic heterocycles. The molecule has 2 aliphatic rings. The standard InChI is InChI=1S/C19H30N2/c1-16(17-9-3-2-4-10-17)20-15-18-11-5-6-12-19(18)21-13-7-8-14-21/h5-6,11-12,16-17,20H,2-4,7-10,13-15H2,1H3/t16-/m0/s1. The molecule has 0 amide bonds. The third-order valence-corrected chi connectivity index (χ3v) is 5.41. The molecule has 0 spiro atoms. The van der Waals surface area contributed by atoms with Crippen LogP contribution in [0.25, 0.3) is 0 Å². The van der Waals surface area contributed by atoms with E-state index in [1.54, 1.807) is 0 Å². The molecule has 2 nitrogen and oxygen atoms in total. The second-order valence-corrected chi connectivity index (χ2v) is 6.89. The van der Waals surface area contributed by atoms with Gasteiger partial charge in [0, 0.05) is 31.4 Å². The van der Waals surface area contributed by atoms with Crippen molar-refractivity contribution in [3.8, 4) is 0 Å². The summed E-state index contributed by atoms with van der Waals surface area (Å²) in [5.41, 5.74) is 2.93. The lowest BCUT2D eigenvalue weighted by Crippen LogP contribution is -2.34. The molecule has 3 rings (SSSR count). The molecule has 0 radical (unpaired) electrons. The van der Waals surface area contributed by atoms with Gasteiger partial charge in [0.15, 0.2) is 0 Å². The normalized spacial score (nSPS) is 21.7. The first kappa shape index (κ1) is 14.9. The zero-order valence-corrected chi connectivity index (χ0v) is 13.5. The first-order valence-corrected chi connectivity index (χ1v) is 8.91. The van der Waals surface area contributed by atoms with Gasteiger partial charge in [-0.2, -0.15) is 0 Å². The summed E-state index contributed by atoms with van der Waals surface area (Å²) < 4.78 is 0. The minimum Gasteiger partial charge on any atom is -0.371 e. The van der Waals surface area contributed by atoms with Gasteiger partial charge in [0.1, 0.15) is 0 Å². The van der Waals surface area contributed by atoms with Crippen molar-refractivity contribution in [2.45, 2.75) is 64.5 Å². The molecule has 2 heteroatoms. The maximum Gasteiger partial charge on any atom is 0.0411 e. The Balaban J connectivity index is 1.59. The summed E-state index contributed by atoms with van der Waals surface area (Å²) in [6, 6.07) is 9.61. The van der Waals surface area contributed by atoms with Gasteiger partial charge in [-0.25, -0.2) is 0 Å². The number of nitrogens with zero attached hydrogens (tertiary/aromatic N) is 1. The maximum absolute atomic E-state index is 3.81. The molecular formula is C19H30N2. The Labute approximate surface area is 129 Å². The Hall–Kier alpha value is -1.02. The van der Waals surface area contributed by atoms with Crippen LogP contribution in [-0.4, -0.2) is 19.1 Å². The Kier molecular flexibility index (Phi) is 5.18. The van der Waals surface area contributed by atoms with E-state index in [9.17, 15) is 0 Å². The van der Waals surface area contributed by atoms with Crippen molar-refractivity contribution in [2.24, 2.45) is 5.92 Å². The molecule has 0 unspecified atom stereocenters. The first-order valence-electron chi connectivity index (χ1n) is 8.91. The molecule has 1 aliphatic carbocycles. The predicted molar refractivity (Wildman–Crippen MR) is 90.8 cm³/mol. The van der Waals surface area contributed by atoms with Gasteiger partial charge < -0.3 is 10.2 Å². The highest BCUT2D eigenvalue weighted by molar-refractivity contribution is 5.54. The van der Waals surface area contributed by atoms with Crippen LogP contribution < -0.4 is 10.2 Å². The summed E-state index contributed by atoms with van der Waals surface area (Å²) in [5.74, 6) is 0.887. The summed E-state index contributed by atoms with van der Waals surface area (Å²) in [5, 5.41) is 3.81. The van der Waals surface area contributed by atoms with Crippen LogP contribution in [0.5, 0.6) is 0 Å². The molecule has 116 valence electrons. The molecule has 21 heavy (non-hydrogen) atoms. The number of hydrogen-bond donors (Lipinski definition) is 1. The maximum atomic E-state index is 3.81. The summed E-state index contributed by atoms with van der Waals surface area (Å²) in [4.78, 5) is 2.56. The highest BCUT2D eigenvalue weighted by atomic mass is 15.1. The van der Waals surface area contributed by atoms with Crippen LogP contribution in [-0.2, 0) is 6.54 Å². The van der Waals surface area contributed by atoms with E-state index in [4.69, 9.17) is 0 Å². The molecule has 2 fully saturated rings. The third-order valence-electron chi connectivity index (χ3n) is 5.41. The molecule has 1 aromatic carbocycles. The second-order valence-electron chi connectivity index (χ2n) is 6.89. The van der Waals surface area contributed by atoms with E-state index in [0.29, 0.717) is 6.04 Å². The highest BCUT2D eigenvalue weighted by Gasteiger charge is 2.20. The van der Waals surface area contributed by atoms with Crippen LogP contribution in [0, 0.1) is 5.92 Å². The van der Waals surface area contributed by atoms with Crippen LogP contribution in [0.4, 0.5) is 5.69 Å². The average Bonchev–Trinajstić information content (AvgIpc) is 3.08. The largest absolute Gasteiger partial charge is 0.371 e. The van der Waals surface area contributed by atoms with Crippen molar-refractivity contribution < 1.29 is 0 Å². The van der Waals surface area contributed by atoms with Gasteiger partial charge in [0.25, 0.3) is 0 Å². The third kappa shape index (κ3) is 3.79. The molecule has 1 N–H and O–H groups in total. The smallest absolute Gasteiger partial charge is 0.0411 e. The summed E-state index contributed by atoms with van der Waals surface area (Å²) in [6.45, 7) is 5.86. The van der Waals surface area contributed by atoms with Crippen LogP contribution in [0.3, 0.4) is 0 Å². The average molecular weight is 286 g/mol. The van der Waals surface area contributed by atoms with Gasteiger partial charge in [-0.05, 0) is 50.2 Å². The van der Waals surface area contributed by atoms with E-state index in [0.717, 1.165) is 12.5 Å². The van der Waals surface area contributed by atoms with Crippen molar-refractivity contribution >= 4 is 5.69 Å². The van der Waals surface area contributed by atoms with Crippen LogP contribution in [0.15, 0.2) is 24.3 Å². The molecule has 1 saturated heterocycles. The van der Waals surface area contributed by atoms with Crippen molar-refractivity contribution in [2.75, 3.05) is 18.0 Å². The summed E-state index contributed by atoms with van der Waals surface area (Å²) >= 11 is 0. The molecule has 1 saturated carbocycles. The number of hydrogen-bond acceptors (Lipinski definition) is 2. The van der Waals surface area contributed by atoms with Crippen molar-refractivity contribution in [1.82, 2.24) is 5.32 Å². The Morgan fingerprint density at radius 1 is 1.05 bits per heavy atom. The zero-order valence-electron chi connectivity index (χ0n) is 13.5. The molecular weight excluding hydrogens is 256 g/mol. The van der Waals surface area contributed by atoms with Gasteiger partial charge in [-0.3, -0.25) is 0 Å². The monoisotopic (exact) mass is 286 g/mol. The Morgan fingerprint density at radius 2 is 1.76 bits per heavy atom. The molecule has 1 aliphatic heterocycles. The molecule has 1 atom stereocenters. The van der Waals surface area contributed by atoms with Crippen LogP contribution >= 0.6 is 0 Å².